The summed E-state index contributed by atoms with van der Waals surface area (Å²) in [6.45, 7) is 0. The Morgan fingerprint density at radius 2 is 1.00 bits per heavy atom. The second kappa shape index (κ2) is 11.6. The molecule has 4 aromatic rings. The van der Waals surface area contributed by atoms with Gasteiger partial charge in [0.2, 0.25) is 0 Å². The molecule has 0 aliphatic heterocycles. The minimum absolute atomic E-state index is 0.0152. The number of aromatic carboxylic acids is 2. The van der Waals surface area contributed by atoms with E-state index >= 15 is 0 Å². The normalized spacial score (nSPS) is 10.7. The van der Waals surface area contributed by atoms with Crippen LogP contribution in [0.1, 0.15) is 20.7 Å². The SMILES string of the molecule is O=C(O)c1c([N+](=O)[O-])ccc(Oc2ccc([N+](=O)[O-])c(C(=O)O)c2-c2ccc(Cl)cc2Cl)c1-c1ccc(Cl)cc1Cl. The Balaban J connectivity index is 2.11. The van der Waals surface area contributed by atoms with Crippen molar-refractivity contribution in [3.8, 4) is 33.8 Å². The molecule has 0 aromatic heterocycles. The Hall–Kier alpha value is -4.42. The first-order chi connectivity index (χ1) is 19.3. The van der Waals surface area contributed by atoms with Crippen LogP contribution in [0.2, 0.25) is 20.1 Å². The summed E-state index contributed by atoms with van der Waals surface area (Å²) in [6.07, 6.45) is 0. The second-order valence-electron chi connectivity index (χ2n) is 8.14. The van der Waals surface area contributed by atoms with Gasteiger partial charge in [-0.1, -0.05) is 58.5 Å². The number of benzene rings is 4. The zero-order valence-corrected chi connectivity index (χ0v) is 23.0. The van der Waals surface area contributed by atoms with E-state index < -0.39 is 44.3 Å². The van der Waals surface area contributed by atoms with Crippen LogP contribution < -0.4 is 4.74 Å². The lowest BCUT2D eigenvalue weighted by molar-refractivity contribution is -0.385. The molecule has 0 unspecified atom stereocenters. The summed E-state index contributed by atoms with van der Waals surface area (Å²) in [7, 11) is 0. The van der Waals surface area contributed by atoms with Crippen molar-refractivity contribution in [1.29, 1.82) is 0 Å². The van der Waals surface area contributed by atoms with Crippen molar-refractivity contribution in [2.75, 3.05) is 0 Å². The summed E-state index contributed by atoms with van der Waals surface area (Å²) in [4.78, 5) is 46.3. The van der Waals surface area contributed by atoms with Crippen LogP contribution in [0.25, 0.3) is 22.3 Å². The molecule has 0 radical (unpaired) electrons. The monoisotopic (exact) mass is 636 g/mol. The average molecular weight is 638 g/mol. The number of nitro groups is 2. The number of hydrogen-bond donors (Lipinski definition) is 2. The van der Waals surface area contributed by atoms with Gasteiger partial charge in [-0.05, 0) is 36.4 Å². The Labute approximate surface area is 249 Å². The molecular weight excluding hydrogens is 626 g/mol. The second-order valence-corrected chi connectivity index (χ2v) is 9.83. The van der Waals surface area contributed by atoms with Crippen LogP contribution in [0.15, 0.2) is 60.7 Å². The van der Waals surface area contributed by atoms with Gasteiger partial charge in [-0.2, -0.15) is 0 Å². The summed E-state index contributed by atoms with van der Waals surface area (Å²) in [5.74, 6) is -4.01. The summed E-state index contributed by atoms with van der Waals surface area (Å²) in [5, 5.41) is 43.7. The molecule has 0 aliphatic carbocycles. The predicted octanol–water partition coefficient (Wildman–Crippen LogP) is 8.64. The molecule has 0 fully saturated rings. The molecule has 0 amide bonds. The third-order valence-electron chi connectivity index (χ3n) is 5.73. The average Bonchev–Trinajstić information content (AvgIpc) is 2.88. The minimum Gasteiger partial charge on any atom is -0.477 e. The van der Waals surface area contributed by atoms with Crippen molar-refractivity contribution in [1.82, 2.24) is 0 Å². The van der Waals surface area contributed by atoms with Gasteiger partial charge in [0.25, 0.3) is 11.4 Å². The molecule has 0 spiro atoms. The van der Waals surface area contributed by atoms with Crippen molar-refractivity contribution < 1.29 is 34.4 Å². The van der Waals surface area contributed by atoms with Crippen molar-refractivity contribution in [3.05, 3.63) is 112 Å². The van der Waals surface area contributed by atoms with Crippen molar-refractivity contribution in [2.45, 2.75) is 0 Å². The van der Waals surface area contributed by atoms with Gasteiger partial charge in [0.05, 0.1) is 19.9 Å². The zero-order valence-electron chi connectivity index (χ0n) is 19.9. The van der Waals surface area contributed by atoms with Gasteiger partial charge in [0.1, 0.15) is 22.6 Å². The molecule has 208 valence electrons. The number of halogens is 4. The van der Waals surface area contributed by atoms with E-state index in [2.05, 4.69) is 0 Å². The number of nitro benzene ring substituents is 2. The van der Waals surface area contributed by atoms with E-state index in [4.69, 9.17) is 51.1 Å². The first kappa shape index (κ1) is 29.6. The molecule has 0 saturated carbocycles. The van der Waals surface area contributed by atoms with Crippen LogP contribution in [0.4, 0.5) is 11.4 Å². The number of carbonyl (C=O) groups is 2. The van der Waals surface area contributed by atoms with Crippen LogP contribution in [-0.4, -0.2) is 32.0 Å². The Kier molecular flexibility index (Phi) is 8.36. The van der Waals surface area contributed by atoms with E-state index in [1.807, 2.05) is 0 Å². The van der Waals surface area contributed by atoms with Crippen LogP contribution in [0.5, 0.6) is 11.5 Å². The maximum Gasteiger partial charge on any atom is 0.343 e. The Morgan fingerprint density at radius 1 is 0.634 bits per heavy atom. The highest BCUT2D eigenvalue weighted by molar-refractivity contribution is 6.37. The quantitative estimate of drug-likeness (QED) is 0.142. The van der Waals surface area contributed by atoms with Gasteiger partial charge in [-0.3, -0.25) is 20.2 Å². The van der Waals surface area contributed by atoms with Gasteiger partial charge in [-0.15, -0.1) is 0 Å². The number of hydrogen-bond acceptors (Lipinski definition) is 7. The molecule has 15 heteroatoms. The van der Waals surface area contributed by atoms with Crippen LogP contribution in [-0.2, 0) is 0 Å². The smallest absolute Gasteiger partial charge is 0.343 e. The predicted molar refractivity (Wildman–Crippen MR) is 151 cm³/mol. The number of ether oxygens (including phenoxy) is 1. The molecule has 0 atom stereocenters. The van der Waals surface area contributed by atoms with E-state index in [-0.39, 0.29) is 53.8 Å². The van der Waals surface area contributed by atoms with Crippen LogP contribution >= 0.6 is 46.4 Å². The molecule has 0 bridgehead atoms. The third kappa shape index (κ3) is 5.74. The summed E-state index contributed by atoms with van der Waals surface area (Å²) < 4.78 is 6.02. The molecule has 11 nitrogen and oxygen atoms in total. The molecule has 0 aliphatic rings. The fraction of sp³-hybridized carbons (Fsp3) is 0. The summed E-state index contributed by atoms with van der Waals surface area (Å²) in [5.41, 5.74) is -3.86. The lowest BCUT2D eigenvalue weighted by Gasteiger charge is -2.19. The highest BCUT2D eigenvalue weighted by Gasteiger charge is 2.32. The van der Waals surface area contributed by atoms with E-state index in [0.29, 0.717) is 0 Å². The molecular formula is C26H12Cl4N2O9. The number of nitrogens with zero attached hydrogens (tertiary/aromatic N) is 2. The maximum atomic E-state index is 12.3. The molecule has 0 heterocycles. The first-order valence-electron chi connectivity index (χ1n) is 11.0. The largest absolute Gasteiger partial charge is 0.477 e. The molecule has 4 aromatic carbocycles. The van der Waals surface area contributed by atoms with Crippen LogP contribution in [0, 0.1) is 20.2 Å². The standard InChI is InChI=1S/C26H12Cl4N2O9/c27-11-1-3-13(15(29)9-11)21-19(7-5-17(31(37)38)23(21)25(33)34)41-20-8-6-18(32(39)40)24(26(35)36)22(20)14-4-2-12(28)10-16(14)30/h1-10H,(H,33,34)(H,35,36). The van der Waals surface area contributed by atoms with E-state index in [1.54, 1.807) is 0 Å². The van der Waals surface area contributed by atoms with E-state index in [0.717, 1.165) is 24.3 Å². The van der Waals surface area contributed by atoms with Crippen molar-refractivity contribution in [3.63, 3.8) is 0 Å². The Morgan fingerprint density at radius 3 is 1.29 bits per heavy atom. The topological polar surface area (TPSA) is 170 Å². The van der Waals surface area contributed by atoms with Crippen molar-refractivity contribution in [2.24, 2.45) is 0 Å². The van der Waals surface area contributed by atoms with Gasteiger partial charge >= 0.3 is 11.9 Å². The van der Waals surface area contributed by atoms with Gasteiger partial charge in [-0.25, -0.2) is 9.59 Å². The first-order valence-corrected chi connectivity index (χ1v) is 12.5. The fourth-order valence-corrected chi connectivity index (χ4v) is 5.10. The molecule has 2 N–H and O–H groups in total. The number of carboxylic acids is 2. The maximum absolute atomic E-state index is 12.3. The van der Waals surface area contributed by atoms with Gasteiger partial charge in [0.15, 0.2) is 0 Å². The minimum atomic E-state index is -1.70. The summed E-state index contributed by atoms with van der Waals surface area (Å²) in [6, 6.07) is 11.8. The Bertz CT molecular complexity index is 1660. The third-order valence-corrected chi connectivity index (χ3v) is 6.83. The highest BCUT2D eigenvalue weighted by Crippen LogP contribution is 2.48. The van der Waals surface area contributed by atoms with Crippen LogP contribution in [0.3, 0.4) is 0 Å². The van der Waals surface area contributed by atoms with Gasteiger partial charge < -0.3 is 14.9 Å². The summed E-state index contributed by atoms with van der Waals surface area (Å²) >= 11 is 24.7. The number of carboxylic acid groups (broad SMARTS) is 2. The molecule has 41 heavy (non-hydrogen) atoms. The van der Waals surface area contributed by atoms with Gasteiger partial charge in [0, 0.05) is 44.4 Å². The highest BCUT2D eigenvalue weighted by atomic mass is 35.5. The van der Waals surface area contributed by atoms with E-state index in [1.165, 1.54) is 36.4 Å². The fourth-order valence-electron chi connectivity index (χ4n) is 4.09. The lowest BCUT2D eigenvalue weighted by atomic mass is 9.95. The van der Waals surface area contributed by atoms with Crippen molar-refractivity contribution >= 4 is 69.7 Å². The molecule has 4 rings (SSSR count). The number of rotatable bonds is 8. The molecule has 0 saturated heterocycles. The van der Waals surface area contributed by atoms with E-state index in [9.17, 15) is 40.0 Å². The zero-order chi connectivity index (χ0) is 30.2. The lowest BCUT2D eigenvalue weighted by Crippen LogP contribution is -2.08.